The van der Waals surface area contributed by atoms with Crippen molar-refractivity contribution < 1.29 is 5.21 Å². The van der Waals surface area contributed by atoms with Crippen molar-refractivity contribution in [2.24, 2.45) is 0 Å². The van der Waals surface area contributed by atoms with E-state index in [-0.39, 0.29) is 0 Å². The summed E-state index contributed by atoms with van der Waals surface area (Å²) in [5.74, 6) is 0. The Bertz CT molecular complexity index is 755. The number of hydroxylamine groups is 1. The van der Waals surface area contributed by atoms with Crippen molar-refractivity contribution in [3.8, 4) is 0 Å². The highest BCUT2D eigenvalue weighted by Crippen LogP contribution is 2.33. The normalized spacial score (nSPS) is 11.6. The molecule has 0 aliphatic rings. The lowest BCUT2D eigenvalue weighted by atomic mass is 10.1. The lowest BCUT2D eigenvalue weighted by Gasteiger charge is -2.29. The Morgan fingerprint density at radius 1 is 0.640 bits per heavy atom. The van der Waals surface area contributed by atoms with Gasteiger partial charge in [-0.3, -0.25) is 0 Å². The van der Waals surface area contributed by atoms with Gasteiger partial charge in [0.1, 0.15) is 0 Å². The Hall–Kier alpha value is -2.15. The summed E-state index contributed by atoms with van der Waals surface area (Å²) in [5.41, 5.74) is 0.262. The Balaban J connectivity index is 2.00. The first kappa shape index (κ1) is 17.7. The second-order valence-corrected chi connectivity index (χ2v) is 9.21. The van der Waals surface area contributed by atoms with E-state index in [2.05, 4.69) is 60.7 Å². The van der Waals surface area contributed by atoms with Crippen LogP contribution in [0.2, 0.25) is 0 Å². The summed E-state index contributed by atoms with van der Waals surface area (Å²) >= 11 is 0. The maximum Gasteiger partial charge on any atom is 0.0674 e. The third-order valence-corrected chi connectivity index (χ3v) is 6.42. The van der Waals surface area contributed by atoms with E-state index in [0.717, 1.165) is 5.06 Å². The third kappa shape index (κ3) is 4.10. The number of nitrogens with zero attached hydrogens (tertiary/aromatic N) is 1. The van der Waals surface area contributed by atoms with Gasteiger partial charge in [-0.15, -0.1) is 0 Å². The number of hydrogen-bond acceptors (Lipinski definition) is 1. The molecule has 0 fully saturated rings. The van der Waals surface area contributed by atoms with E-state index in [0.29, 0.717) is 5.69 Å². The topological polar surface area (TPSA) is 23.1 Å². The summed E-state index contributed by atoms with van der Waals surface area (Å²) in [7, 11) is -0.626. The van der Waals surface area contributed by atoms with Gasteiger partial charge in [0.15, 0.2) is 0 Å². The molecule has 25 heavy (non-hydrogen) atoms. The number of benzene rings is 3. The van der Waals surface area contributed by atoms with Crippen LogP contribution in [0.1, 0.15) is 20.8 Å². The summed E-state index contributed by atoms with van der Waals surface area (Å²) < 4.78 is 0. The van der Waals surface area contributed by atoms with Crippen LogP contribution < -0.4 is 21.0 Å². The van der Waals surface area contributed by atoms with Gasteiger partial charge in [-0.2, -0.15) is 0 Å². The summed E-state index contributed by atoms with van der Waals surface area (Å²) in [6.07, 6.45) is 0. The van der Waals surface area contributed by atoms with Crippen molar-refractivity contribution in [2.75, 3.05) is 5.06 Å². The molecule has 0 heterocycles. The lowest BCUT2D eigenvalue weighted by Crippen LogP contribution is -2.37. The molecule has 0 spiro atoms. The average Bonchev–Trinajstić information content (AvgIpc) is 2.63. The average molecular weight is 348 g/mol. The molecule has 3 heteroatoms. The fraction of sp³-hybridized carbons (Fsp3) is 0.182. The highest BCUT2D eigenvalue weighted by atomic mass is 31.1. The maximum absolute atomic E-state index is 12.4. The minimum Gasteiger partial charge on any atom is -0.215 e. The molecular weight excluding hydrogens is 325 g/mol. The zero-order valence-corrected chi connectivity index (χ0v) is 15.8. The van der Waals surface area contributed by atoms with E-state index in [1.807, 2.05) is 45.0 Å². The van der Waals surface area contributed by atoms with Gasteiger partial charge in [0.05, 0.1) is 11.2 Å². The van der Waals surface area contributed by atoms with Crippen molar-refractivity contribution in [1.29, 1.82) is 0 Å². The summed E-state index contributed by atoms with van der Waals surface area (Å²) in [6.45, 7) is 5.78. The number of rotatable bonds is 4. The van der Waals surface area contributed by atoms with E-state index in [9.17, 15) is 5.21 Å². The molecule has 0 aromatic heterocycles. The van der Waals surface area contributed by atoms with Crippen molar-refractivity contribution in [3.63, 3.8) is 0 Å². The molecule has 0 amide bonds. The fourth-order valence-electron chi connectivity index (χ4n) is 2.73. The molecule has 0 saturated carbocycles. The van der Waals surface area contributed by atoms with Gasteiger partial charge in [0.25, 0.3) is 0 Å². The van der Waals surface area contributed by atoms with Crippen LogP contribution >= 0.6 is 7.92 Å². The third-order valence-electron chi connectivity index (χ3n) is 3.98. The SMILES string of the molecule is CC(C)(C)N([O])c1ccc(P(c2ccccc2)c2ccccc2)cc1. The second-order valence-electron chi connectivity index (χ2n) is 6.99. The van der Waals surface area contributed by atoms with Crippen LogP contribution in [0.4, 0.5) is 5.69 Å². The first-order chi connectivity index (χ1) is 12.0. The van der Waals surface area contributed by atoms with Crippen LogP contribution in [0.5, 0.6) is 0 Å². The zero-order chi connectivity index (χ0) is 17.9. The van der Waals surface area contributed by atoms with Crippen molar-refractivity contribution in [2.45, 2.75) is 26.3 Å². The van der Waals surface area contributed by atoms with Crippen molar-refractivity contribution in [1.82, 2.24) is 0 Å². The molecule has 3 aromatic carbocycles. The Labute approximate surface area is 151 Å². The largest absolute Gasteiger partial charge is 0.215 e. The minimum absolute atomic E-state index is 0.439. The Kier molecular flexibility index (Phi) is 5.22. The summed E-state index contributed by atoms with van der Waals surface area (Å²) in [4.78, 5) is 0. The molecule has 2 nitrogen and oxygen atoms in total. The molecule has 127 valence electrons. The van der Waals surface area contributed by atoms with E-state index >= 15 is 0 Å². The Morgan fingerprint density at radius 3 is 1.44 bits per heavy atom. The second kappa shape index (κ2) is 7.39. The molecule has 0 N–H and O–H groups in total. The summed E-state index contributed by atoms with van der Waals surface area (Å²) in [5, 5.41) is 17.4. The maximum atomic E-state index is 12.4. The monoisotopic (exact) mass is 348 g/mol. The van der Waals surface area contributed by atoms with Crippen molar-refractivity contribution >= 4 is 29.5 Å². The highest BCUT2D eigenvalue weighted by molar-refractivity contribution is 7.79. The quantitative estimate of drug-likeness (QED) is 0.506. The molecule has 0 bridgehead atoms. The highest BCUT2D eigenvalue weighted by Gasteiger charge is 2.22. The molecule has 0 aliphatic carbocycles. The molecule has 0 unspecified atom stereocenters. The molecule has 0 atom stereocenters. The van der Waals surface area contributed by atoms with Crippen LogP contribution in [0.3, 0.4) is 0 Å². The number of anilines is 1. The minimum atomic E-state index is -0.626. The first-order valence-corrected chi connectivity index (χ1v) is 9.78. The van der Waals surface area contributed by atoms with Crippen LogP contribution in [0, 0.1) is 0 Å². The smallest absolute Gasteiger partial charge is 0.0674 e. The van der Waals surface area contributed by atoms with E-state index in [1.165, 1.54) is 15.9 Å². The molecule has 0 aliphatic heterocycles. The van der Waals surface area contributed by atoms with Gasteiger partial charge in [-0.05, 0) is 56.7 Å². The van der Waals surface area contributed by atoms with Crippen LogP contribution in [-0.2, 0) is 5.21 Å². The Morgan fingerprint density at radius 2 is 1.04 bits per heavy atom. The van der Waals surface area contributed by atoms with E-state index in [4.69, 9.17) is 0 Å². The molecule has 3 rings (SSSR count). The first-order valence-electron chi connectivity index (χ1n) is 8.44. The van der Waals surface area contributed by atoms with Gasteiger partial charge in [-0.25, -0.2) is 5.06 Å². The molecular formula is C22H23NOP. The van der Waals surface area contributed by atoms with Gasteiger partial charge in [0, 0.05) is 0 Å². The van der Waals surface area contributed by atoms with Crippen LogP contribution in [-0.4, -0.2) is 5.54 Å². The van der Waals surface area contributed by atoms with E-state index in [1.54, 1.807) is 0 Å². The van der Waals surface area contributed by atoms with Gasteiger partial charge in [0.2, 0.25) is 0 Å². The van der Waals surface area contributed by atoms with Gasteiger partial charge in [-0.1, -0.05) is 78.0 Å². The predicted molar refractivity (Wildman–Crippen MR) is 108 cm³/mol. The summed E-state index contributed by atoms with van der Waals surface area (Å²) in [6, 6.07) is 29.2. The molecule has 3 aromatic rings. The standard InChI is InChI=1S/C22H23NOP/c1-22(2,3)23(24)18-14-16-21(17-15-18)25(19-10-6-4-7-11-19)20-12-8-5-9-13-20/h4-17H,1-3H3. The van der Waals surface area contributed by atoms with Crippen molar-refractivity contribution in [3.05, 3.63) is 84.9 Å². The van der Waals surface area contributed by atoms with Gasteiger partial charge >= 0.3 is 0 Å². The van der Waals surface area contributed by atoms with E-state index < -0.39 is 13.5 Å². The van der Waals surface area contributed by atoms with Crippen LogP contribution in [0.25, 0.3) is 0 Å². The fourth-order valence-corrected chi connectivity index (χ4v) is 5.01. The van der Waals surface area contributed by atoms with Gasteiger partial charge < -0.3 is 0 Å². The molecule has 1 radical (unpaired) electrons. The lowest BCUT2D eigenvalue weighted by molar-refractivity contribution is 0.102. The molecule has 0 saturated heterocycles. The predicted octanol–water partition coefficient (Wildman–Crippen LogP) is 4.40. The van der Waals surface area contributed by atoms with Crippen LogP contribution in [0.15, 0.2) is 84.9 Å². The number of hydrogen-bond donors (Lipinski definition) is 0. The zero-order valence-electron chi connectivity index (χ0n) is 14.9.